The van der Waals surface area contributed by atoms with Crippen molar-refractivity contribution < 1.29 is 17.9 Å². The highest BCUT2D eigenvalue weighted by Gasteiger charge is 2.20. The third-order valence-electron chi connectivity index (χ3n) is 4.03. The molecular formula is C19H26ClN3O4S. The number of ether oxygens (including phenoxy) is 1. The van der Waals surface area contributed by atoms with Gasteiger partial charge in [0.1, 0.15) is 5.75 Å². The molecule has 1 amide bonds. The number of carbonyl (C=O) groups excluding carboxylic acids is 1. The molecule has 0 saturated heterocycles. The molecule has 0 spiro atoms. The maximum atomic E-state index is 12.9. The number of methoxy groups -OCH3 is 1. The van der Waals surface area contributed by atoms with Gasteiger partial charge in [-0.1, -0.05) is 31.5 Å². The minimum absolute atomic E-state index is 0. The third kappa shape index (κ3) is 5.85. The molecule has 0 heterocycles. The van der Waals surface area contributed by atoms with Crippen molar-refractivity contribution >= 4 is 39.7 Å². The number of nitrogens with two attached hydrogens (primary N) is 1. The number of aryl methyl sites for hydroxylation is 1. The van der Waals surface area contributed by atoms with Crippen LogP contribution in [-0.2, 0) is 14.8 Å². The van der Waals surface area contributed by atoms with E-state index in [1.54, 1.807) is 43.3 Å². The van der Waals surface area contributed by atoms with Crippen molar-refractivity contribution in [2.75, 3.05) is 17.1 Å². The summed E-state index contributed by atoms with van der Waals surface area (Å²) in [6, 6.07) is 10.8. The van der Waals surface area contributed by atoms with Crippen molar-refractivity contribution in [1.82, 2.24) is 0 Å². The van der Waals surface area contributed by atoms with Gasteiger partial charge < -0.3 is 15.8 Å². The Morgan fingerprint density at radius 2 is 1.89 bits per heavy atom. The zero-order chi connectivity index (χ0) is 20.0. The predicted molar refractivity (Wildman–Crippen MR) is 114 cm³/mol. The summed E-state index contributed by atoms with van der Waals surface area (Å²) in [7, 11) is -2.41. The highest BCUT2D eigenvalue weighted by molar-refractivity contribution is 7.92. The molecule has 2 aromatic carbocycles. The molecule has 0 bridgehead atoms. The Kier molecular flexibility index (Phi) is 8.74. The van der Waals surface area contributed by atoms with Crippen LogP contribution >= 0.6 is 12.4 Å². The molecule has 0 saturated carbocycles. The molecule has 1 unspecified atom stereocenters. The van der Waals surface area contributed by atoms with E-state index in [1.807, 2.05) is 6.92 Å². The van der Waals surface area contributed by atoms with Crippen LogP contribution in [0.1, 0.15) is 25.3 Å². The number of nitrogens with one attached hydrogen (secondary N) is 2. The number of hydrogen-bond acceptors (Lipinski definition) is 5. The van der Waals surface area contributed by atoms with Crippen molar-refractivity contribution in [3.8, 4) is 5.75 Å². The molecule has 2 rings (SSSR count). The van der Waals surface area contributed by atoms with Crippen LogP contribution in [0.15, 0.2) is 47.4 Å². The fraction of sp³-hybridized carbons (Fsp3) is 0.316. The normalized spacial score (nSPS) is 11.9. The van der Waals surface area contributed by atoms with Crippen molar-refractivity contribution in [3.63, 3.8) is 0 Å². The second-order valence-electron chi connectivity index (χ2n) is 6.17. The molecule has 2 aromatic rings. The zero-order valence-electron chi connectivity index (χ0n) is 16.1. The lowest BCUT2D eigenvalue weighted by molar-refractivity contribution is -0.117. The van der Waals surface area contributed by atoms with Gasteiger partial charge in [0.25, 0.3) is 10.0 Å². The monoisotopic (exact) mass is 427 g/mol. The Morgan fingerprint density at radius 1 is 1.21 bits per heavy atom. The first kappa shape index (κ1) is 23.7. The first-order chi connectivity index (χ1) is 12.8. The van der Waals surface area contributed by atoms with Crippen LogP contribution in [0.4, 0.5) is 11.4 Å². The molecule has 28 heavy (non-hydrogen) atoms. The largest absolute Gasteiger partial charge is 0.495 e. The van der Waals surface area contributed by atoms with Gasteiger partial charge in [0, 0.05) is 5.69 Å². The zero-order valence-corrected chi connectivity index (χ0v) is 17.7. The van der Waals surface area contributed by atoms with E-state index in [1.165, 1.54) is 13.2 Å². The van der Waals surface area contributed by atoms with E-state index in [2.05, 4.69) is 10.0 Å². The summed E-state index contributed by atoms with van der Waals surface area (Å²) >= 11 is 0. The van der Waals surface area contributed by atoms with Crippen LogP contribution in [0, 0.1) is 6.92 Å². The fourth-order valence-corrected chi connectivity index (χ4v) is 3.92. The lowest BCUT2D eigenvalue weighted by Crippen LogP contribution is -2.35. The van der Waals surface area contributed by atoms with Gasteiger partial charge in [0.2, 0.25) is 5.91 Å². The Morgan fingerprint density at radius 3 is 2.54 bits per heavy atom. The van der Waals surface area contributed by atoms with E-state index < -0.39 is 16.1 Å². The highest BCUT2D eigenvalue weighted by atomic mass is 35.5. The summed E-state index contributed by atoms with van der Waals surface area (Å²) in [6.45, 7) is 3.62. The highest BCUT2D eigenvalue weighted by Crippen LogP contribution is 2.28. The standard InChI is InChI=1S/C19H25N3O4S.ClH/c1-4-7-15(20)19(23)21-14-11-10-13(2)18(12-14)27(24,25)22-16-8-5-6-9-17(16)26-3;/h5-6,8-12,15,22H,4,7,20H2,1-3H3,(H,21,23);1H. The summed E-state index contributed by atoms with van der Waals surface area (Å²) < 4.78 is 33.4. The van der Waals surface area contributed by atoms with E-state index in [0.29, 0.717) is 29.1 Å². The van der Waals surface area contributed by atoms with Crippen molar-refractivity contribution in [2.45, 2.75) is 37.6 Å². The van der Waals surface area contributed by atoms with Gasteiger partial charge in [-0.25, -0.2) is 8.42 Å². The number of hydrogen-bond donors (Lipinski definition) is 3. The Labute approximate surface area is 172 Å². The molecule has 0 aromatic heterocycles. The van der Waals surface area contributed by atoms with E-state index in [9.17, 15) is 13.2 Å². The lowest BCUT2D eigenvalue weighted by Gasteiger charge is -2.15. The summed E-state index contributed by atoms with van der Waals surface area (Å²) in [6.07, 6.45) is 1.34. The SMILES string of the molecule is CCCC(N)C(=O)Nc1ccc(C)c(S(=O)(=O)Nc2ccccc2OC)c1.Cl. The van der Waals surface area contributed by atoms with E-state index in [0.717, 1.165) is 6.42 Å². The summed E-state index contributed by atoms with van der Waals surface area (Å²) in [5.74, 6) is 0.0652. The molecule has 1 atom stereocenters. The molecule has 4 N–H and O–H groups in total. The number of halogens is 1. The molecule has 0 aliphatic carbocycles. The predicted octanol–water partition coefficient (Wildman–Crippen LogP) is 3.29. The van der Waals surface area contributed by atoms with Crippen LogP contribution in [0.25, 0.3) is 0 Å². The molecule has 0 fully saturated rings. The van der Waals surface area contributed by atoms with Crippen molar-refractivity contribution in [1.29, 1.82) is 0 Å². The summed E-state index contributed by atoms with van der Waals surface area (Å²) in [5, 5.41) is 2.67. The van der Waals surface area contributed by atoms with Gasteiger partial charge in [-0.3, -0.25) is 9.52 Å². The summed E-state index contributed by atoms with van der Waals surface area (Å²) in [5.41, 5.74) is 7.06. The molecule has 7 nitrogen and oxygen atoms in total. The maximum absolute atomic E-state index is 12.9. The van der Waals surface area contributed by atoms with Gasteiger partial charge in [-0.15, -0.1) is 12.4 Å². The second kappa shape index (κ2) is 10.3. The fourth-order valence-electron chi connectivity index (χ4n) is 2.57. The molecule has 0 radical (unpaired) electrons. The lowest BCUT2D eigenvalue weighted by atomic mass is 10.1. The topological polar surface area (TPSA) is 111 Å². The average Bonchev–Trinajstić information content (AvgIpc) is 2.63. The number of para-hydroxylation sites is 2. The van der Waals surface area contributed by atoms with Gasteiger partial charge >= 0.3 is 0 Å². The first-order valence-electron chi connectivity index (χ1n) is 8.61. The smallest absolute Gasteiger partial charge is 0.262 e. The molecule has 0 aliphatic heterocycles. The van der Waals surface area contributed by atoms with E-state index in [-0.39, 0.29) is 23.2 Å². The van der Waals surface area contributed by atoms with Crippen LogP contribution in [0.3, 0.4) is 0 Å². The Balaban J connectivity index is 0.00000392. The van der Waals surface area contributed by atoms with Crippen LogP contribution in [-0.4, -0.2) is 27.5 Å². The maximum Gasteiger partial charge on any atom is 0.262 e. The average molecular weight is 428 g/mol. The number of anilines is 2. The molecule has 154 valence electrons. The number of rotatable bonds is 8. The Hall–Kier alpha value is -2.29. The van der Waals surface area contributed by atoms with E-state index in [4.69, 9.17) is 10.5 Å². The van der Waals surface area contributed by atoms with Gasteiger partial charge in [0.05, 0.1) is 23.7 Å². The third-order valence-corrected chi connectivity index (χ3v) is 5.54. The molecule has 0 aliphatic rings. The number of benzene rings is 2. The molecular weight excluding hydrogens is 402 g/mol. The van der Waals surface area contributed by atoms with Gasteiger partial charge in [-0.05, 0) is 43.2 Å². The quantitative estimate of drug-likeness (QED) is 0.598. The minimum Gasteiger partial charge on any atom is -0.495 e. The van der Waals surface area contributed by atoms with Gasteiger partial charge in [0.15, 0.2) is 0 Å². The van der Waals surface area contributed by atoms with Gasteiger partial charge in [-0.2, -0.15) is 0 Å². The minimum atomic E-state index is -3.88. The molecule has 9 heteroatoms. The van der Waals surface area contributed by atoms with Crippen LogP contribution < -0.4 is 20.5 Å². The number of sulfonamides is 1. The van der Waals surface area contributed by atoms with Crippen LogP contribution in [0.2, 0.25) is 0 Å². The Bertz CT molecular complexity index is 919. The first-order valence-corrected chi connectivity index (χ1v) is 10.1. The summed E-state index contributed by atoms with van der Waals surface area (Å²) in [4.78, 5) is 12.2. The van der Waals surface area contributed by atoms with Crippen molar-refractivity contribution in [3.05, 3.63) is 48.0 Å². The van der Waals surface area contributed by atoms with Crippen molar-refractivity contribution in [2.24, 2.45) is 5.73 Å². The van der Waals surface area contributed by atoms with Crippen LogP contribution in [0.5, 0.6) is 5.75 Å². The second-order valence-corrected chi connectivity index (χ2v) is 7.82. The number of carbonyl (C=O) groups is 1. The van der Waals surface area contributed by atoms with E-state index >= 15 is 0 Å². The number of amides is 1.